The Labute approximate surface area is 116 Å². The lowest BCUT2D eigenvalue weighted by Crippen LogP contribution is -2.30. The maximum absolute atomic E-state index is 13.6. The van der Waals surface area contributed by atoms with E-state index in [0.717, 1.165) is 20.1 Å². The first-order chi connectivity index (χ1) is 9.68. The van der Waals surface area contributed by atoms with E-state index in [2.05, 4.69) is 9.47 Å². The van der Waals surface area contributed by atoms with E-state index in [-0.39, 0.29) is 5.56 Å². The van der Waals surface area contributed by atoms with Crippen molar-refractivity contribution in [3.8, 4) is 5.75 Å². The maximum Gasteiger partial charge on any atom is 0.429 e. The zero-order valence-electron chi connectivity index (χ0n) is 10.8. The summed E-state index contributed by atoms with van der Waals surface area (Å²) in [6.45, 7) is 1.04. The molecule has 21 heavy (non-hydrogen) atoms. The number of benzene rings is 1. The van der Waals surface area contributed by atoms with Crippen molar-refractivity contribution < 1.29 is 36.2 Å². The van der Waals surface area contributed by atoms with Gasteiger partial charge in [0, 0.05) is 5.56 Å². The Morgan fingerprint density at radius 3 is 2.33 bits per heavy atom. The molecule has 1 atom stereocenters. The summed E-state index contributed by atoms with van der Waals surface area (Å²) >= 11 is 0. The average Bonchev–Trinajstić information content (AvgIpc) is 2.68. The van der Waals surface area contributed by atoms with Crippen molar-refractivity contribution >= 4 is 11.5 Å². The number of carbonyl (C=O) groups excluding carboxylic acids is 1. The smallest absolute Gasteiger partial charge is 0.429 e. The summed E-state index contributed by atoms with van der Waals surface area (Å²) in [5.41, 5.74) is -1.20. The molecule has 0 amide bonds. The molecule has 1 heterocycles. The molecular weight excluding hydrogens is 299 g/mol. The lowest BCUT2D eigenvalue weighted by atomic mass is 9.98. The predicted molar refractivity (Wildman–Crippen MR) is 61.4 cm³/mol. The van der Waals surface area contributed by atoms with Crippen LogP contribution in [0.25, 0.3) is 5.57 Å². The number of hydrogen-bond donors (Lipinski definition) is 0. The number of halogens is 5. The number of ether oxygens (including phenoxy) is 2. The van der Waals surface area contributed by atoms with E-state index in [0.29, 0.717) is 6.07 Å². The minimum absolute atomic E-state index is 0.286. The number of esters is 1. The van der Waals surface area contributed by atoms with Gasteiger partial charge in [-0.05, 0) is 24.6 Å². The van der Waals surface area contributed by atoms with E-state index < -0.39 is 46.8 Å². The third-order valence-corrected chi connectivity index (χ3v) is 3.04. The Bertz CT molecular complexity index is 633. The molecule has 0 N–H and O–H groups in total. The van der Waals surface area contributed by atoms with Crippen LogP contribution in [0.5, 0.6) is 5.75 Å². The van der Waals surface area contributed by atoms with Gasteiger partial charge in [0.15, 0.2) is 11.6 Å². The van der Waals surface area contributed by atoms with Crippen LogP contribution in [0.4, 0.5) is 22.0 Å². The predicted octanol–water partition coefficient (Wildman–Crippen LogP) is 3.23. The van der Waals surface area contributed by atoms with E-state index in [1.807, 2.05) is 0 Å². The minimum atomic E-state index is -4.78. The first-order valence-corrected chi connectivity index (χ1v) is 5.69. The molecule has 1 unspecified atom stereocenters. The molecule has 0 aliphatic carbocycles. The van der Waals surface area contributed by atoms with Crippen LogP contribution in [0, 0.1) is 11.6 Å². The van der Waals surface area contributed by atoms with Crippen LogP contribution in [-0.2, 0) is 9.53 Å². The van der Waals surface area contributed by atoms with Gasteiger partial charge in [0.05, 0.1) is 12.7 Å². The number of rotatable bonds is 2. The van der Waals surface area contributed by atoms with Gasteiger partial charge in [0.25, 0.3) is 0 Å². The third kappa shape index (κ3) is 2.45. The van der Waals surface area contributed by atoms with Gasteiger partial charge in [-0.1, -0.05) is 0 Å². The molecule has 0 bridgehead atoms. The molecule has 0 saturated carbocycles. The van der Waals surface area contributed by atoms with Crippen LogP contribution in [-0.4, -0.2) is 25.4 Å². The Morgan fingerprint density at radius 1 is 1.24 bits per heavy atom. The molecular formula is C13H9F5O3. The van der Waals surface area contributed by atoms with Crippen LogP contribution < -0.4 is 4.74 Å². The van der Waals surface area contributed by atoms with Crippen molar-refractivity contribution in [1.82, 2.24) is 0 Å². The van der Waals surface area contributed by atoms with E-state index in [1.54, 1.807) is 0 Å². The van der Waals surface area contributed by atoms with Crippen molar-refractivity contribution in [1.29, 1.82) is 0 Å². The lowest BCUT2D eigenvalue weighted by Gasteiger charge is -2.14. The lowest BCUT2D eigenvalue weighted by molar-refractivity contribution is -0.203. The molecule has 1 aromatic carbocycles. The standard InChI is InChI=1S/C13H9F5O3/c1-5-8(12(19)21-11(5)13(16,17)18)6-3-4-7(14)9(15)10(6)20-2/h3-4,11H,1-2H3. The molecule has 0 fully saturated rings. The van der Waals surface area contributed by atoms with Crippen LogP contribution in [0.2, 0.25) is 0 Å². The SMILES string of the molecule is COc1c(C2=C(C)C(C(F)(F)F)OC2=O)ccc(F)c1F. The van der Waals surface area contributed by atoms with E-state index in [4.69, 9.17) is 0 Å². The van der Waals surface area contributed by atoms with Gasteiger partial charge in [-0.25, -0.2) is 9.18 Å². The molecule has 3 nitrogen and oxygen atoms in total. The Balaban J connectivity index is 2.64. The fraction of sp³-hybridized carbons (Fsp3) is 0.308. The van der Waals surface area contributed by atoms with Crippen molar-refractivity contribution in [2.45, 2.75) is 19.2 Å². The molecule has 0 radical (unpaired) electrons. The first-order valence-electron chi connectivity index (χ1n) is 5.69. The highest BCUT2D eigenvalue weighted by atomic mass is 19.4. The highest BCUT2D eigenvalue weighted by molar-refractivity contribution is 6.20. The summed E-state index contributed by atoms with van der Waals surface area (Å²) in [5.74, 6) is -4.55. The van der Waals surface area contributed by atoms with Crippen LogP contribution >= 0.6 is 0 Å². The molecule has 2 rings (SSSR count). The summed E-state index contributed by atoms with van der Waals surface area (Å²) < 4.78 is 73.8. The Morgan fingerprint density at radius 2 is 1.86 bits per heavy atom. The molecule has 1 aromatic rings. The van der Waals surface area contributed by atoms with Gasteiger partial charge in [-0.15, -0.1) is 0 Å². The molecule has 0 aromatic heterocycles. The zero-order chi connectivity index (χ0) is 15.9. The van der Waals surface area contributed by atoms with Gasteiger partial charge >= 0.3 is 12.1 Å². The van der Waals surface area contributed by atoms with E-state index >= 15 is 0 Å². The number of alkyl halides is 3. The first kappa shape index (κ1) is 15.3. The summed E-state index contributed by atoms with van der Waals surface area (Å²) in [6.07, 6.45) is -7.19. The second-order valence-electron chi connectivity index (χ2n) is 4.33. The molecule has 1 aliphatic rings. The molecule has 8 heteroatoms. The van der Waals surface area contributed by atoms with Crippen LogP contribution in [0.1, 0.15) is 12.5 Å². The maximum atomic E-state index is 13.6. The van der Waals surface area contributed by atoms with Crippen molar-refractivity contribution in [2.75, 3.05) is 7.11 Å². The number of hydrogen-bond acceptors (Lipinski definition) is 3. The normalized spacial score (nSPS) is 19.0. The highest BCUT2D eigenvalue weighted by Gasteiger charge is 2.50. The summed E-state index contributed by atoms with van der Waals surface area (Å²) in [7, 11) is 1.01. The fourth-order valence-corrected chi connectivity index (χ4v) is 2.11. The van der Waals surface area contributed by atoms with E-state index in [1.165, 1.54) is 0 Å². The Kier molecular flexibility index (Phi) is 3.65. The monoisotopic (exact) mass is 308 g/mol. The summed E-state index contributed by atoms with van der Waals surface area (Å²) in [5, 5.41) is 0. The molecule has 114 valence electrons. The quantitative estimate of drug-likeness (QED) is 0.621. The van der Waals surface area contributed by atoms with Crippen LogP contribution in [0.3, 0.4) is 0 Å². The van der Waals surface area contributed by atoms with Gasteiger partial charge in [0.2, 0.25) is 11.9 Å². The van der Waals surface area contributed by atoms with Gasteiger partial charge < -0.3 is 9.47 Å². The van der Waals surface area contributed by atoms with Crippen LogP contribution in [0.15, 0.2) is 17.7 Å². The van der Waals surface area contributed by atoms with Gasteiger partial charge in [-0.2, -0.15) is 17.6 Å². The second-order valence-corrected chi connectivity index (χ2v) is 4.33. The number of cyclic esters (lactones) is 1. The van der Waals surface area contributed by atoms with E-state index in [9.17, 15) is 26.7 Å². The highest BCUT2D eigenvalue weighted by Crippen LogP contribution is 2.41. The number of methoxy groups -OCH3 is 1. The molecule has 1 aliphatic heterocycles. The zero-order valence-corrected chi connectivity index (χ0v) is 10.8. The third-order valence-electron chi connectivity index (χ3n) is 3.04. The van der Waals surface area contributed by atoms with Gasteiger partial charge in [-0.3, -0.25) is 0 Å². The average molecular weight is 308 g/mol. The van der Waals surface area contributed by atoms with Crippen molar-refractivity contribution in [3.63, 3.8) is 0 Å². The van der Waals surface area contributed by atoms with Gasteiger partial charge in [0.1, 0.15) is 0 Å². The van der Waals surface area contributed by atoms with Crippen molar-refractivity contribution in [3.05, 3.63) is 34.9 Å². The van der Waals surface area contributed by atoms with Crippen molar-refractivity contribution in [2.24, 2.45) is 0 Å². The largest absolute Gasteiger partial charge is 0.493 e. The summed E-state index contributed by atoms with van der Waals surface area (Å²) in [6, 6.07) is 1.66. The minimum Gasteiger partial charge on any atom is -0.493 e. The number of carbonyl (C=O) groups is 1. The summed E-state index contributed by atoms with van der Waals surface area (Å²) in [4.78, 5) is 11.7. The molecule has 0 saturated heterocycles. The second kappa shape index (κ2) is 5.01. The topological polar surface area (TPSA) is 35.5 Å². The molecule has 0 spiro atoms. The Hall–Kier alpha value is -2.12. The fourth-order valence-electron chi connectivity index (χ4n) is 2.11.